The molecular formula is C21H23N3O2. The van der Waals surface area contributed by atoms with Crippen LogP contribution in [0.1, 0.15) is 30.9 Å². The van der Waals surface area contributed by atoms with Gasteiger partial charge in [-0.1, -0.05) is 44.2 Å². The summed E-state index contributed by atoms with van der Waals surface area (Å²) < 4.78 is 5.28. The number of hydrogen-bond donors (Lipinski definition) is 2. The highest BCUT2D eigenvalue weighted by Gasteiger charge is 2.10. The molecule has 1 amide bonds. The number of nitrogens with one attached hydrogen (secondary N) is 2. The van der Waals surface area contributed by atoms with E-state index in [1.165, 1.54) is 11.8 Å². The van der Waals surface area contributed by atoms with Crippen LogP contribution in [0.15, 0.2) is 60.3 Å². The third kappa shape index (κ3) is 5.12. The van der Waals surface area contributed by atoms with Gasteiger partial charge >= 0.3 is 0 Å². The van der Waals surface area contributed by atoms with Gasteiger partial charge in [-0.15, -0.1) is 0 Å². The summed E-state index contributed by atoms with van der Waals surface area (Å²) in [5.74, 6) is 0.729. The van der Waals surface area contributed by atoms with Gasteiger partial charge < -0.3 is 15.4 Å². The molecule has 2 rings (SSSR count). The first-order valence-corrected chi connectivity index (χ1v) is 8.42. The van der Waals surface area contributed by atoms with Crippen LogP contribution in [-0.4, -0.2) is 13.0 Å². The highest BCUT2D eigenvalue weighted by Crippen LogP contribution is 2.18. The molecule has 2 aromatic rings. The summed E-state index contributed by atoms with van der Waals surface area (Å²) in [4.78, 5) is 12.3. The summed E-state index contributed by atoms with van der Waals surface area (Å²) in [6, 6.07) is 17.1. The lowest BCUT2D eigenvalue weighted by atomic mass is 10.0. The zero-order valence-corrected chi connectivity index (χ0v) is 15.2. The first kappa shape index (κ1) is 19.1. The lowest BCUT2D eigenvalue weighted by Crippen LogP contribution is -2.16. The minimum atomic E-state index is -0.447. The highest BCUT2D eigenvalue weighted by atomic mass is 16.5. The molecule has 2 aromatic carbocycles. The number of benzene rings is 2. The van der Waals surface area contributed by atoms with Gasteiger partial charge in [-0.2, -0.15) is 5.26 Å². The van der Waals surface area contributed by atoms with Crippen LogP contribution in [0.3, 0.4) is 0 Å². The van der Waals surface area contributed by atoms with Crippen molar-refractivity contribution in [2.75, 3.05) is 12.4 Å². The van der Waals surface area contributed by atoms with E-state index in [4.69, 9.17) is 4.74 Å². The van der Waals surface area contributed by atoms with E-state index in [1.807, 2.05) is 54.6 Å². The predicted octanol–water partition coefficient (Wildman–Crippen LogP) is 3.95. The van der Waals surface area contributed by atoms with Crippen molar-refractivity contribution in [2.24, 2.45) is 0 Å². The van der Waals surface area contributed by atoms with E-state index < -0.39 is 5.91 Å². The predicted molar refractivity (Wildman–Crippen MR) is 103 cm³/mol. The van der Waals surface area contributed by atoms with Crippen molar-refractivity contribution in [2.45, 2.75) is 26.3 Å². The monoisotopic (exact) mass is 349 g/mol. The van der Waals surface area contributed by atoms with Crippen molar-refractivity contribution in [3.05, 3.63) is 71.4 Å². The Balaban J connectivity index is 1.99. The summed E-state index contributed by atoms with van der Waals surface area (Å²) in [5.41, 5.74) is 2.80. The maximum atomic E-state index is 12.3. The third-order valence-electron chi connectivity index (χ3n) is 3.93. The van der Waals surface area contributed by atoms with E-state index in [0.717, 1.165) is 11.3 Å². The first-order chi connectivity index (χ1) is 12.5. The van der Waals surface area contributed by atoms with Crippen molar-refractivity contribution in [1.82, 2.24) is 5.32 Å². The number of nitrogens with zero attached hydrogens (tertiary/aromatic N) is 1. The van der Waals surface area contributed by atoms with Crippen LogP contribution >= 0.6 is 0 Å². The number of nitriles is 1. The molecule has 0 fully saturated rings. The maximum Gasteiger partial charge on any atom is 0.267 e. The second kappa shape index (κ2) is 9.28. The summed E-state index contributed by atoms with van der Waals surface area (Å²) in [7, 11) is 1.60. The second-order valence-corrected chi connectivity index (χ2v) is 6.09. The lowest BCUT2D eigenvalue weighted by molar-refractivity contribution is -0.112. The van der Waals surface area contributed by atoms with Gasteiger partial charge in [0.05, 0.1) is 7.11 Å². The van der Waals surface area contributed by atoms with Crippen LogP contribution in [0.4, 0.5) is 5.69 Å². The fourth-order valence-corrected chi connectivity index (χ4v) is 2.41. The van der Waals surface area contributed by atoms with Gasteiger partial charge in [0.1, 0.15) is 17.4 Å². The van der Waals surface area contributed by atoms with Gasteiger partial charge in [0.15, 0.2) is 0 Å². The summed E-state index contributed by atoms with van der Waals surface area (Å²) >= 11 is 0. The van der Waals surface area contributed by atoms with E-state index in [9.17, 15) is 10.1 Å². The molecule has 0 unspecified atom stereocenters. The Kier molecular flexibility index (Phi) is 6.81. The number of methoxy groups -OCH3 is 1. The van der Waals surface area contributed by atoms with E-state index in [1.54, 1.807) is 7.11 Å². The number of anilines is 1. The average Bonchev–Trinajstić information content (AvgIpc) is 2.65. The highest BCUT2D eigenvalue weighted by molar-refractivity contribution is 6.06. The molecule has 134 valence electrons. The molecule has 0 aliphatic carbocycles. The molecule has 0 aromatic heterocycles. The zero-order chi connectivity index (χ0) is 18.9. The van der Waals surface area contributed by atoms with E-state index in [2.05, 4.69) is 24.5 Å². The maximum absolute atomic E-state index is 12.3. The molecule has 0 heterocycles. The van der Waals surface area contributed by atoms with Crippen LogP contribution in [-0.2, 0) is 11.3 Å². The number of carbonyl (C=O) groups excluding carboxylic acids is 1. The first-order valence-electron chi connectivity index (χ1n) is 8.42. The molecule has 0 spiro atoms. The topological polar surface area (TPSA) is 74.1 Å². The van der Waals surface area contributed by atoms with Crippen molar-refractivity contribution in [1.29, 1.82) is 5.26 Å². The third-order valence-corrected chi connectivity index (χ3v) is 3.93. The number of carbonyl (C=O) groups is 1. The van der Waals surface area contributed by atoms with Gasteiger partial charge in [0.25, 0.3) is 5.91 Å². The normalized spacial score (nSPS) is 11.0. The Morgan fingerprint density at radius 3 is 2.50 bits per heavy atom. The van der Waals surface area contributed by atoms with Crippen molar-refractivity contribution in [3.63, 3.8) is 0 Å². The molecule has 0 saturated carbocycles. The molecule has 26 heavy (non-hydrogen) atoms. The van der Waals surface area contributed by atoms with Crippen LogP contribution in [0.25, 0.3) is 0 Å². The van der Waals surface area contributed by atoms with Crippen molar-refractivity contribution >= 4 is 11.6 Å². The minimum absolute atomic E-state index is 0.00725. The van der Waals surface area contributed by atoms with Crippen LogP contribution < -0.4 is 15.4 Å². The van der Waals surface area contributed by atoms with Gasteiger partial charge in [-0.3, -0.25) is 4.79 Å². The summed E-state index contributed by atoms with van der Waals surface area (Å²) in [6.45, 7) is 4.67. The quantitative estimate of drug-likeness (QED) is 0.586. The number of amides is 1. The fraction of sp³-hybridized carbons (Fsp3) is 0.238. The molecule has 0 aliphatic heterocycles. The van der Waals surface area contributed by atoms with E-state index in [-0.39, 0.29) is 5.57 Å². The standard InChI is InChI=1S/C21H23N3O2/c1-15(2)16-8-10-19(11-9-16)24-21(25)18(12-22)14-23-13-17-6-4-5-7-20(17)26-3/h4-11,14-15,23H,13H2,1-3H3,(H,24,25)/b18-14-. The second-order valence-electron chi connectivity index (χ2n) is 6.09. The van der Waals surface area contributed by atoms with Crippen LogP contribution in [0, 0.1) is 11.3 Å². The number of para-hydroxylation sites is 1. The van der Waals surface area contributed by atoms with E-state index in [0.29, 0.717) is 18.2 Å². The molecule has 0 radical (unpaired) electrons. The minimum Gasteiger partial charge on any atom is -0.496 e. The van der Waals surface area contributed by atoms with Gasteiger partial charge in [-0.05, 0) is 29.7 Å². The average molecular weight is 349 g/mol. The van der Waals surface area contributed by atoms with Crippen LogP contribution in [0.5, 0.6) is 5.75 Å². The molecule has 5 nitrogen and oxygen atoms in total. The molecule has 5 heteroatoms. The van der Waals surface area contributed by atoms with Gasteiger partial charge in [0, 0.05) is 24.0 Å². The Morgan fingerprint density at radius 1 is 1.19 bits per heavy atom. The Morgan fingerprint density at radius 2 is 1.88 bits per heavy atom. The number of hydrogen-bond acceptors (Lipinski definition) is 4. The summed E-state index contributed by atoms with van der Waals surface area (Å²) in [5, 5.41) is 15.0. The fourth-order valence-electron chi connectivity index (χ4n) is 2.41. The molecule has 0 atom stereocenters. The Bertz CT molecular complexity index is 818. The van der Waals surface area contributed by atoms with E-state index >= 15 is 0 Å². The number of rotatable bonds is 7. The molecule has 2 N–H and O–H groups in total. The van der Waals surface area contributed by atoms with Gasteiger partial charge in [-0.25, -0.2) is 0 Å². The Labute approximate surface area is 154 Å². The lowest BCUT2D eigenvalue weighted by Gasteiger charge is -2.09. The SMILES string of the molecule is COc1ccccc1CN/C=C(/C#N)C(=O)Nc1ccc(C(C)C)cc1. The molecule has 0 saturated heterocycles. The zero-order valence-electron chi connectivity index (χ0n) is 15.2. The molecule has 0 bridgehead atoms. The summed E-state index contributed by atoms with van der Waals surface area (Å²) in [6.07, 6.45) is 1.42. The van der Waals surface area contributed by atoms with Crippen LogP contribution in [0.2, 0.25) is 0 Å². The number of ether oxygens (including phenoxy) is 1. The van der Waals surface area contributed by atoms with Crippen molar-refractivity contribution < 1.29 is 9.53 Å². The molecule has 0 aliphatic rings. The molecular weight excluding hydrogens is 326 g/mol. The largest absolute Gasteiger partial charge is 0.496 e. The van der Waals surface area contributed by atoms with Gasteiger partial charge in [0.2, 0.25) is 0 Å². The van der Waals surface area contributed by atoms with Crippen molar-refractivity contribution in [3.8, 4) is 11.8 Å². The Hall–Kier alpha value is -3.26. The smallest absolute Gasteiger partial charge is 0.267 e.